The number of aromatic nitrogens is 1. The highest BCUT2D eigenvalue weighted by molar-refractivity contribution is 7.93. The molecular weight excluding hydrogens is 432 g/mol. The van der Waals surface area contributed by atoms with Crippen LogP contribution < -0.4 is 4.31 Å². The molecule has 0 saturated carbocycles. The fourth-order valence-corrected chi connectivity index (χ4v) is 5.74. The monoisotopic (exact) mass is 448 g/mol. The second-order valence-electron chi connectivity index (χ2n) is 6.49. The molecule has 29 heavy (non-hydrogen) atoms. The van der Waals surface area contributed by atoms with Gasteiger partial charge in [-0.05, 0) is 36.8 Å². The molecule has 0 spiro atoms. The molecule has 0 unspecified atom stereocenters. The van der Waals surface area contributed by atoms with Crippen molar-refractivity contribution < 1.29 is 17.9 Å². The fourth-order valence-electron chi connectivity index (χ4n) is 3.05. The molecule has 9 heteroatoms. The first kappa shape index (κ1) is 19.9. The van der Waals surface area contributed by atoms with Crippen molar-refractivity contribution in [2.24, 2.45) is 0 Å². The highest BCUT2D eigenvalue weighted by Crippen LogP contribution is 2.30. The Morgan fingerprint density at radius 2 is 1.93 bits per heavy atom. The van der Waals surface area contributed by atoms with Crippen LogP contribution in [0.1, 0.15) is 22.5 Å². The molecular formula is C20H17ClN2O4S2. The number of halogens is 1. The van der Waals surface area contributed by atoms with Crippen LogP contribution in [0, 0.1) is 0 Å². The van der Waals surface area contributed by atoms with E-state index in [0.717, 1.165) is 10.6 Å². The lowest BCUT2D eigenvalue weighted by atomic mass is 10.2. The standard InChI is InChI=1S/C20H17ClN2O4S2/c21-18-5-2-1-4-17(18)19-22-15(13-28-19)12-27-20(24)14-6-8-16(9-7-14)23-10-3-11-29(23,25)26/h1-2,4-9,13H,3,10-12H2. The number of hydrogen-bond donors (Lipinski definition) is 0. The van der Waals surface area contributed by atoms with Crippen LogP contribution in [0.4, 0.5) is 5.69 Å². The van der Waals surface area contributed by atoms with Crippen LogP contribution in [-0.4, -0.2) is 31.7 Å². The average Bonchev–Trinajstić information content (AvgIpc) is 3.32. The average molecular weight is 449 g/mol. The van der Waals surface area contributed by atoms with Gasteiger partial charge < -0.3 is 4.74 Å². The first-order valence-corrected chi connectivity index (χ1v) is 11.8. The third kappa shape index (κ3) is 4.29. The third-order valence-corrected chi connectivity index (χ3v) is 7.62. The van der Waals surface area contributed by atoms with Gasteiger partial charge in [0.05, 0.1) is 27.7 Å². The van der Waals surface area contributed by atoms with E-state index in [2.05, 4.69) is 4.98 Å². The summed E-state index contributed by atoms with van der Waals surface area (Å²) in [4.78, 5) is 16.8. The van der Waals surface area contributed by atoms with E-state index in [1.54, 1.807) is 30.3 Å². The molecule has 0 radical (unpaired) electrons. The van der Waals surface area contributed by atoms with Crippen molar-refractivity contribution in [3.8, 4) is 10.6 Å². The van der Waals surface area contributed by atoms with Gasteiger partial charge in [0.2, 0.25) is 10.0 Å². The Morgan fingerprint density at radius 1 is 1.17 bits per heavy atom. The Bertz CT molecular complexity index is 1140. The lowest BCUT2D eigenvalue weighted by molar-refractivity contribution is 0.0468. The van der Waals surface area contributed by atoms with E-state index < -0.39 is 16.0 Å². The zero-order valence-electron chi connectivity index (χ0n) is 15.2. The van der Waals surface area contributed by atoms with Crippen LogP contribution >= 0.6 is 22.9 Å². The van der Waals surface area contributed by atoms with Gasteiger partial charge in [0.25, 0.3) is 0 Å². The number of carbonyl (C=O) groups is 1. The zero-order chi connectivity index (χ0) is 20.4. The number of thiazole rings is 1. The highest BCUT2D eigenvalue weighted by atomic mass is 35.5. The molecule has 3 aromatic rings. The van der Waals surface area contributed by atoms with E-state index in [1.807, 2.05) is 23.6 Å². The summed E-state index contributed by atoms with van der Waals surface area (Å²) in [5.41, 5.74) is 2.39. The van der Waals surface area contributed by atoms with Crippen molar-refractivity contribution in [2.45, 2.75) is 13.0 Å². The molecule has 0 N–H and O–H groups in total. The Labute approximate surface area is 177 Å². The normalized spacial score (nSPS) is 15.4. The summed E-state index contributed by atoms with van der Waals surface area (Å²) in [5, 5.41) is 3.20. The number of ether oxygens (including phenoxy) is 1. The predicted molar refractivity (Wildman–Crippen MR) is 114 cm³/mol. The van der Waals surface area contributed by atoms with Crippen LogP contribution in [0.3, 0.4) is 0 Å². The van der Waals surface area contributed by atoms with Gasteiger partial charge in [0.1, 0.15) is 11.6 Å². The maximum Gasteiger partial charge on any atom is 0.338 e. The molecule has 1 aromatic heterocycles. The molecule has 4 rings (SSSR count). The highest BCUT2D eigenvalue weighted by Gasteiger charge is 2.28. The van der Waals surface area contributed by atoms with Crippen molar-refractivity contribution in [1.82, 2.24) is 4.98 Å². The number of anilines is 1. The van der Waals surface area contributed by atoms with E-state index >= 15 is 0 Å². The maximum absolute atomic E-state index is 12.3. The molecule has 1 fully saturated rings. The molecule has 6 nitrogen and oxygen atoms in total. The first-order valence-electron chi connectivity index (χ1n) is 8.91. The molecule has 0 amide bonds. The minimum atomic E-state index is -3.24. The summed E-state index contributed by atoms with van der Waals surface area (Å²) in [6, 6.07) is 13.8. The summed E-state index contributed by atoms with van der Waals surface area (Å²) in [6.07, 6.45) is 0.607. The van der Waals surface area contributed by atoms with Gasteiger partial charge in [0, 0.05) is 17.5 Å². The van der Waals surface area contributed by atoms with E-state index in [-0.39, 0.29) is 12.4 Å². The molecule has 0 atom stereocenters. The molecule has 0 aliphatic carbocycles. The van der Waals surface area contributed by atoms with E-state index in [9.17, 15) is 13.2 Å². The SMILES string of the molecule is O=C(OCc1csc(-c2ccccc2Cl)n1)c1ccc(N2CCCS2(=O)=O)cc1. The van der Waals surface area contributed by atoms with Crippen molar-refractivity contribution >= 4 is 44.6 Å². The molecule has 2 aromatic carbocycles. The zero-order valence-corrected chi connectivity index (χ0v) is 17.6. The van der Waals surface area contributed by atoms with E-state index in [1.165, 1.54) is 15.6 Å². The van der Waals surface area contributed by atoms with Crippen LogP contribution in [0.2, 0.25) is 5.02 Å². The fraction of sp³-hybridized carbons (Fsp3) is 0.200. The van der Waals surface area contributed by atoms with E-state index in [0.29, 0.717) is 34.9 Å². The van der Waals surface area contributed by atoms with Gasteiger partial charge in [-0.25, -0.2) is 18.2 Å². The smallest absolute Gasteiger partial charge is 0.338 e. The Hall–Kier alpha value is -2.42. The topological polar surface area (TPSA) is 76.6 Å². The number of hydrogen-bond acceptors (Lipinski definition) is 6. The van der Waals surface area contributed by atoms with Crippen LogP contribution in [0.25, 0.3) is 10.6 Å². The number of rotatable bonds is 5. The molecule has 0 bridgehead atoms. The number of benzene rings is 2. The van der Waals surface area contributed by atoms with E-state index in [4.69, 9.17) is 16.3 Å². The first-order chi connectivity index (χ1) is 13.9. The van der Waals surface area contributed by atoms with Gasteiger partial charge in [-0.2, -0.15) is 0 Å². The summed E-state index contributed by atoms with van der Waals surface area (Å²) in [5.74, 6) is -0.339. The number of carbonyl (C=O) groups excluding carboxylic acids is 1. The largest absolute Gasteiger partial charge is 0.456 e. The Morgan fingerprint density at radius 3 is 2.62 bits per heavy atom. The number of sulfonamides is 1. The van der Waals surface area contributed by atoms with Gasteiger partial charge in [-0.1, -0.05) is 29.8 Å². The Kier molecular flexibility index (Phi) is 5.58. The number of esters is 1. The summed E-state index contributed by atoms with van der Waals surface area (Å²) < 4.78 is 30.7. The second kappa shape index (κ2) is 8.14. The van der Waals surface area contributed by atoms with Crippen LogP contribution in [-0.2, 0) is 21.4 Å². The molecule has 2 heterocycles. The number of nitrogens with zero attached hydrogens (tertiary/aromatic N) is 2. The van der Waals surface area contributed by atoms with Crippen LogP contribution in [0.15, 0.2) is 53.9 Å². The van der Waals surface area contributed by atoms with Gasteiger partial charge in [-0.15, -0.1) is 11.3 Å². The molecule has 1 aliphatic rings. The third-order valence-electron chi connectivity index (χ3n) is 4.50. The molecule has 150 valence electrons. The lowest BCUT2D eigenvalue weighted by Gasteiger charge is -2.16. The van der Waals surface area contributed by atoms with Crippen LogP contribution in [0.5, 0.6) is 0 Å². The lowest BCUT2D eigenvalue weighted by Crippen LogP contribution is -2.25. The van der Waals surface area contributed by atoms with Gasteiger partial charge in [0.15, 0.2) is 0 Å². The predicted octanol–water partition coefficient (Wildman–Crippen LogP) is 4.36. The minimum absolute atomic E-state index is 0.0437. The van der Waals surface area contributed by atoms with Gasteiger partial charge >= 0.3 is 5.97 Å². The van der Waals surface area contributed by atoms with Crippen molar-refractivity contribution in [3.05, 3.63) is 70.2 Å². The van der Waals surface area contributed by atoms with Crippen molar-refractivity contribution in [1.29, 1.82) is 0 Å². The Balaban J connectivity index is 1.40. The van der Waals surface area contributed by atoms with Crippen molar-refractivity contribution in [3.63, 3.8) is 0 Å². The molecule has 1 saturated heterocycles. The van der Waals surface area contributed by atoms with Crippen molar-refractivity contribution in [2.75, 3.05) is 16.6 Å². The summed E-state index contributed by atoms with van der Waals surface area (Å²) >= 11 is 7.62. The summed E-state index contributed by atoms with van der Waals surface area (Å²) in [7, 11) is -3.24. The second-order valence-corrected chi connectivity index (χ2v) is 9.77. The maximum atomic E-state index is 12.3. The van der Waals surface area contributed by atoms with Gasteiger partial charge in [-0.3, -0.25) is 4.31 Å². The molecule has 1 aliphatic heterocycles. The summed E-state index contributed by atoms with van der Waals surface area (Å²) in [6.45, 7) is 0.506. The quantitative estimate of drug-likeness (QED) is 0.542. The minimum Gasteiger partial charge on any atom is -0.456 e.